The van der Waals surface area contributed by atoms with E-state index in [-0.39, 0.29) is 27.3 Å². The predicted molar refractivity (Wildman–Crippen MR) is 112 cm³/mol. The van der Waals surface area contributed by atoms with Crippen molar-refractivity contribution in [3.8, 4) is 6.07 Å². The summed E-state index contributed by atoms with van der Waals surface area (Å²) in [5, 5.41) is 20.7. The van der Waals surface area contributed by atoms with E-state index < -0.39 is 21.9 Å². The number of rotatable bonds is 9. The number of sulfonamides is 1. The normalized spacial score (nSPS) is 11.1. The number of amides is 1. The molecule has 0 aromatic heterocycles. The van der Waals surface area contributed by atoms with Gasteiger partial charge in [0.2, 0.25) is 10.0 Å². The molecule has 158 valence electrons. The van der Waals surface area contributed by atoms with Gasteiger partial charge in [0.25, 0.3) is 5.91 Å². The van der Waals surface area contributed by atoms with E-state index in [9.17, 15) is 23.1 Å². The van der Waals surface area contributed by atoms with E-state index in [4.69, 9.17) is 5.26 Å². The first-order valence-corrected chi connectivity index (χ1v) is 10.9. The Morgan fingerprint density at radius 3 is 2.50 bits per heavy atom. The first kappa shape index (κ1) is 23.1. The minimum atomic E-state index is -3.76. The highest BCUT2D eigenvalue weighted by Crippen LogP contribution is 2.21. The van der Waals surface area contributed by atoms with Crippen LogP contribution < -0.4 is 5.32 Å². The van der Waals surface area contributed by atoms with Crippen molar-refractivity contribution >= 4 is 27.6 Å². The maximum Gasteiger partial charge on any atom is 0.337 e. The Kier molecular flexibility index (Phi) is 7.69. The predicted octanol–water partition coefficient (Wildman–Crippen LogP) is 3.32. The van der Waals surface area contributed by atoms with Crippen LogP contribution in [0.5, 0.6) is 0 Å². The number of carboxylic acid groups (broad SMARTS) is 1. The van der Waals surface area contributed by atoms with Gasteiger partial charge < -0.3 is 10.4 Å². The molecule has 0 saturated heterocycles. The lowest BCUT2D eigenvalue weighted by Crippen LogP contribution is -2.32. The fourth-order valence-corrected chi connectivity index (χ4v) is 4.36. The average molecular weight is 429 g/mol. The van der Waals surface area contributed by atoms with Crippen LogP contribution in [-0.2, 0) is 10.0 Å². The lowest BCUT2D eigenvalue weighted by atomic mass is 10.1. The van der Waals surface area contributed by atoms with Gasteiger partial charge in [0.15, 0.2) is 0 Å². The zero-order chi connectivity index (χ0) is 22.3. The quantitative estimate of drug-likeness (QED) is 0.629. The minimum absolute atomic E-state index is 0.00797. The number of benzene rings is 2. The minimum Gasteiger partial charge on any atom is -0.478 e. The van der Waals surface area contributed by atoms with Crippen LogP contribution in [0.4, 0.5) is 5.69 Å². The van der Waals surface area contributed by atoms with Gasteiger partial charge in [-0.1, -0.05) is 26.3 Å². The number of hydrogen-bond donors (Lipinski definition) is 2. The monoisotopic (exact) mass is 429 g/mol. The van der Waals surface area contributed by atoms with Gasteiger partial charge >= 0.3 is 5.97 Å². The van der Waals surface area contributed by atoms with Crippen molar-refractivity contribution in [3.05, 3.63) is 59.2 Å². The third-order valence-corrected chi connectivity index (χ3v) is 6.45. The van der Waals surface area contributed by atoms with Crippen molar-refractivity contribution < 1.29 is 23.1 Å². The molecule has 0 aliphatic heterocycles. The van der Waals surface area contributed by atoms with E-state index in [1.54, 1.807) is 6.92 Å². The topological polar surface area (TPSA) is 128 Å². The second-order valence-corrected chi connectivity index (χ2v) is 8.45. The van der Waals surface area contributed by atoms with Gasteiger partial charge in [-0.2, -0.15) is 9.57 Å². The molecule has 2 aromatic carbocycles. The Labute approximate surface area is 175 Å². The van der Waals surface area contributed by atoms with Gasteiger partial charge in [-0.05, 0) is 42.8 Å². The number of nitrogens with zero attached hydrogens (tertiary/aromatic N) is 2. The third-order valence-electron chi connectivity index (χ3n) is 4.48. The number of aromatic carboxylic acids is 1. The summed E-state index contributed by atoms with van der Waals surface area (Å²) in [6.45, 7) is 4.42. The van der Waals surface area contributed by atoms with Gasteiger partial charge in [0.1, 0.15) is 0 Å². The number of carbonyl (C=O) groups excluding carboxylic acids is 1. The summed E-state index contributed by atoms with van der Waals surface area (Å²) in [7, 11) is -3.76. The maximum atomic E-state index is 12.9. The molecule has 0 aliphatic carbocycles. The molecular weight excluding hydrogens is 406 g/mol. The Balaban J connectivity index is 2.33. The molecule has 0 fully saturated rings. The summed E-state index contributed by atoms with van der Waals surface area (Å²) in [6, 6.07) is 11.3. The number of nitriles is 1. The molecule has 2 rings (SSSR count). The second kappa shape index (κ2) is 10.0. The maximum absolute atomic E-state index is 12.9. The zero-order valence-corrected chi connectivity index (χ0v) is 17.6. The number of unbranched alkanes of at least 4 members (excludes halogenated alkanes) is 1. The van der Waals surface area contributed by atoms with Crippen LogP contribution in [0.15, 0.2) is 47.4 Å². The molecule has 30 heavy (non-hydrogen) atoms. The second-order valence-electron chi connectivity index (χ2n) is 6.51. The molecule has 0 spiro atoms. The molecule has 9 heteroatoms. The van der Waals surface area contributed by atoms with Crippen molar-refractivity contribution in [1.29, 1.82) is 5.26 Å². The third kappa shape index (κ3) is 5.23. The van der Waals surface area contributed by atoms with Crippen LogP contribution in [0.2, 0.25) is 0 Å². The number of hydrogen-bond acceptors (Lipinski definition) is 5. The van der Waals surface area contributed by atoms with E-state index in [0.29, 0.717) is 13.1 Å². The van der Waals surface area contributed by atoms with Crippen LogP contribution in [0.1, 0.15) is 53.0 Å². The lowest BCUT2D eigenvalue weighted by Gasteiger charge is -2.20. The number of anilines is 1. The smallest absolute Gasteiger partial charge is 0.337 e. The van der Waals surface area contributed by atoms with Crippen molar-refractivity contribution in [2.24, 2.45) is 0 Å². The fourth-order valence-electron chi connectivity index (χ4n) is 2.82. The van der Waals surface area contributed by atoms with E-state index in [0.717, 1.165) is 18.9 Å². The van der Waals surface area contributed by atoms with Gasteiger partial charge in [0.05, 0.1) is 27.8 Å². The molecule has 0 radical (unpaired) electrons. The van der Waals surface area contributed by atoms with E-state index in [1.165, 1.54) is 40.7 Å². The summed E-state index contributed by atoms with van der Waals surface area (Å²) in [6.07, 6.45) is 1.58. The Morgan fingerprint density at radius 1 is 1.17 bits per heavy atom. The fraction of sp³-hybridized carbons (Fsp3) is 0.286. The Hall–Kier alpha value is -3.22. The van der Waals surface area contributed by atoms with Crippen LogP contribution in [0, 0.1) is 11.3 Å². The molecule has 8 nitrogen and oxygen atoms in total. The highest BCUT2D eigenvalue weighted by molar-refractivity contribution is 7.89. The molecule has 0 bridgehead atoms. The average Bonchev–Trinajstić information content (AvgIpc) is 2.74. The summed E-state index contributed by atoms with van der Waals surface area (Å²) >= 11 is 0. The van der Waals surface area contributed by atoms with Crippen LogP contribution >= 0.6 is 0 Å². The van der Waals surface area contributed by atoms with Crippen molar-refractivity contribution in [2.45, 2.75) is 31.6 Å². The molecule has 2 aromatic rings. The van der Waals surface area contributed by atoms with Gasteiger partial charge in [-0.15, -0.1) is 0 Å². The van der Waals surface area contributed by atoms with E-state index in [2.05, 4.69) is 5.32 Å². The molecule has 0 unspecified atom stereocenters. The highest BCUT2D eigenvalue weighted by Gasteiger charge is 2.24. The van der Waals surface area contributed by atoms with Gasteiger partial charge in [0, 0.05) is 18.7 Å². The summed E-state index contributed by atoms with van der Waals surface area (Å²) < 4.78 is 27.2. The molecule has 0 atom stereocenters. The summed E-state index contributed by atoms with van der Waals surface area (Å²) in [5.74, 6) is -1.95. The SMILES string of the molecule is CCCCN(CC)S(=O)(=O)c1cccc(C(=O)Nc2ccc(C#N)cc2C(=O)O)c1. The van der Waals surface area contributed by atoms with Crippen molar-refractivity contribution in [2.75, 3.05) is 18.4 Å². The van der Waals surface area contributed by atoms with Gasteiger partial charge in [-0.25, -0.2) is 13.2 Å². The number of carboxylic acids is 1. The first-order valence-electron chi connectivity index (χ1n) is 9.43. The molecule has 2 N–H and O–H groups in total. The molecular formula is C21H23N3O5S. The van der Waals surface area contributed by atoms with Crippen molar-refractivity contribution in [1.82, 2.24) is 4.31 Å². The summed E-state index contributed by atoms with van der Waals surface area (Å²) in [5.41, 5.74) is -0.00525. The Morgan fingerprint density at radius 2 is 1.90 bits per heavy atom. The molecule has 1 amide bonds. The first-order chi connectivity index (χ1) is 14.2. The lowest BCUT2D eigenvalue weighted by molar-refractivity contribution is 0.0698. The molecule has 0 saturated carbocycles. The van der Waals surface area contributed by atoms with Gasteiger partial charge in [-0.3, -0.25) is 4.79 Å². The summed E-state index contributed by atoms with van der Waals surface area (Å²) in [4.78, 5) is 24.1. The molecule has 0 aliphatic rings. The van der Waals surface area contributed by atoms with Crippen LogP contribution in [-0.4, -0.2) is 42.8 Å². The van der Waals surface area contributed by atoms with Crippen LogP contribution in [0.3, 0.4) is 0 Å². The Bertz CT molecular complexity index is 1090. The number of carbonyl (C=O) groups is 2. The van der Waals surface area contributed by atoms with Crippen LogP contribution in [0.25, 0.3) is 0 Å². The standard InChI is InChI=1S/C21H23N3O5S/c1-3-5-11-24(4-2)30(28,29)17-8-6-7-16(13-17)20(25)23-19-10-9-15(14-22)12-18(19)21(26)27/h6-10,12-13H,3-5,11H2,1-2H3,(H,23,25)(H,26,27). The highest BCUT2D eigenvalue weighted by atomic mass is 32.2. The molecule has 0 heterocycles. The number of nitrogens with one attached hydrogen (secondary N) is 1. The largest absolute Gasteiger partial charge is 0.478 e. The van der Waals surface area contributed by atoms with E-state index in [1.807, 2.05) is 13.0 Å². The van der Waals surface area contributed by atoms with E-state index >= 15 is 0 Å². The van der Waals surface area contributed by atoms with Crippen molar-refractivity contribution in [3.63, 3.8) is 0 Å². The zero-order valence-electron chi connectivity index (χ0n) is 16.8.